The van der Waals surface area contributed by atoms with E-state index in [1.807, 2.05) is 19.0 Å². The van der Waals surface area contributed by atoms with Crippen molar-refractivity contribution in [2.24, 2.45) is 0 Å². The SMILES string of the molecule is CN(C)CCN(C(=O)CCS(=O)(=O)c1ccc(Cl)cc1)c1nc2c(F)cccc2s1.Cl. The van der Waals surface area contributed by atoms with Crippen molar-refractivity contribution >= 4 is 66.4 Å². The van der Waals surface area contributed by atoms with Crippen LogP contribution in [-0.4, -0.2) is 57.1 Å². The predicted octanol–water partition coefficient (Wildman–Crippen LogP) is 4.27. The molecule has 1 aromatic heterocycles. The molecule has 0 bridgehead atoms. The number of hydrogen-bond acceptors (Lipinski definition) is 6. The van der Waals surface area contributed by atoms with E-state index in [-0.39, 0.29) is 40.9 Å². The van der Waals surface area contributed by atoms with E-state index in [2.05, 4.69) is 4.98 Å². The highest BCUT2D eigenvalue weighted by Crippen LogP contribution is 2.30. The molecule has 0 radical (unpaired) electrons. The van der Waals surface area contributed by atoms with Gasteiger partial charge in [-0.1, -0.05) is 29.0 Å². The third-order valence-corrected chi connectivity index (χ3v) is 7.45. The number of sulfone groups is 1. The standard InChI is InChI=1S/C20H21ClFN3O3S2.ClH/c1-24(2)11-12-25(20-23-19-16(22)4-3-5-17(19)29-20)18(26)10-13-30(27,28)15-8-6-14(21)7-9-15;/h3-9H,10-13H2,1-2H3;1H. The van der Waals surface area contributed by atoms with Crippen molar-refractivity contribution in [1.82, 2.24) is 9.88 Å². The molecule has 0 atom stereocenters. The largest absolute Gasteiger partial charge is 0.308 e. The van der Waals surface area contributed by atoms with Gasteiger partial charge >= 0.3 is 0 Å². The van der Waals surface area contributed by atoms with E-state index in [0.29, 0.717) is 27.9 Å². The summed E-state index contributed by atoms with van der Waals surface area (Å²) in [6.45, 7) is 0.863. The van der Waals surface area contributed by atoms with Crippen molar-refractivity contribution in [3.05, 3.63) is 53.3 Å². The number of fused-ring (bicyclic) bond motifs is 1. The Kier molecular flexibility index (Phi) is 8.79. The molecule has 1 heterocycles. The first kappa shape index (κ1) is 25.5. The van der Waals surface area contributed by atoms with Crippen molar-refractivity contribution in [3.63, 3.8) is 0 Å². The monoisotopic (exact) mass is 505 g/mol. The van der Waals surface area contributed by atoms with Gasteiger partial charge in [0.1, 0.15) is 11.3 Å². The number of thiazole rings is 1. The van der Waals surface area contributed by atoms with Crippen LogP contribution in [-0.2, 0) is 14.6 Å². The Hall–Kier alpha value is -1.78. The summed E-state index contributed by atoms with van der Waals surface area (Å²) in [5.41, 5.74) is 0.203. The summed E-state index contributed by atoms with van der Waals surface area (Å²) in [7, 11) is 0.0895. The molecule has 0 saturated carbocycles. The first-order valence-corrected chi connectivity index (χ1v) is 12.0. The van der Waals surface area contributed by atoms with E-state index < -0.39 is 15.7 Å². The van der Waals surface area contributed by atoms with Crippen molar-refractivity contribution in [1.29, 1.82) is 0 Å². The van der Waals surface area contributed by atoms with Crippen LogP contribution in [0.3, 0.4) is 0 Å². The van der Waals surface area contributed by atoms with Gasteiger partial charge in [0.15, 0.2) is 15.0 Å². The number of rotatable bonds is 8. The molecule has 3 aromatic rings. The van der Waals surface area contributed by atoms with Crippen molar-refractivity contribution in [3.8, 4) is 0 Å². The minimum Gasteiger partial charge on any atom is -0.308 e. The molecule has 1 amide bonds. The maximum absolute atomic E-state index is 14.0. The Labute approximate surface area is 196 Å². The average molecular weight is 506 g/mol. The van der Waals surface area contributed by atoms with Crippen molar-refractivity contribution in [2.75, 3.05) is 37.8 Å². The lowest BCUT2D eigenvalue weighted by atomic mass is 10.3. The second-order valence-corrected chi connectivity index (χ2v) is 10.5. The molecule has 0 N–H and O–H groups in total. The number of nitrogens with zero attached hydrogens (tertiary/aromatic N) is 3. The fourth-order valence-corrected chi connectivity index (χ4v) is 5.14. The van der Waals surface area contributed by atoms with Crippen LogP contribution in [0.25, 0.3) is 10.2 Å². The number of likely N-dealkylation sites (N-methyl/N-ethyl adjacent to an activating group) is 1. The zero-order valence-corrected chi connectivity index (χ0v) is 20.1. The second-order valence-electron chi connectivity index (χ2n) is 6.95. The molecule has 3 rings (SSSR count). The van der Waals surface area contributed by atoms with Crippen LogP contribution in [0.15, 0.2) is 47.4 Å². The van der Waals surface area contributed by atoms with Crippen LogP contribution >= 0.6 is 35.3 Å². The van der Waals surface area contributed by atoms with E-state index in [1.54, 1.807) is 12.1 Å². The van der Waals surface area contributed by atoms with E-state index in [1.165, 1.54) is 46.6 Å². The maximum atomic E-state index is 14.0. The number of benzene rings is 2. The first-order chi connectivity index (χ1) is 14.2. The Morgan fingerprint density at radius 2 is 1.81 bits per heavy atom. The van der Waals surface area contributed by atoms with Crippen LogP contribution in [0, 0.1) is 5.82 Å². The topological polar surface area (TPSA) is 70.6 Å². The molecule has 31 heavy (non-hydrogen) atoms. The number of para-hydroxylation sites is 1. The lowest BCUT2D eigenvalue weighted by Crippen LogP contribution is -2.37. The molecular weight excluding hydrogens is 484 g/mol. The molecule has 0 aliphatic rings. The summed E-state index contributed by atoms with van der Waals surface area (Å²) in [4.78, 5) is 20.7. The Balaban J connectivity index is 0.00000341. The number of halogens is 3. The number of anilines is 1. The summed E-state index contributed by atoms with van der Waals surface area (Å²) in [6, 6.07) is 10.5. The molecule has 0 fully saturated rings. The minimum absolute atomic E-state index is 0. The lowest BCUT2D eigenvalue weighted by molar-refractivity contribution is -0.118. The van der Waals surface area contributed by atoms with E-state index >= 15 is 0 Å². The third-order valence-electron chi connectivity index (χ3n) is 4.42. The molecule has 0 spiro atoms. The van der Waals surface area contributed by atoms with Crippen LogP contribution in [0.4, 0.5) is 9.52 Å². The van der Waals surface area contributed by atoms with Gasteiger partial charge in [0.25, 0.3) is 0 Å². The normalized spacial score (nSPS) is 11.5. The zero-order valence-electron chi connectivity index (χ0n) is 16.9. The number of carbonyl (C=O) groups excluding carboxylic acids is 1. The van der Waals surface area contributed by atoms with E-state index in [4.69, 9.17) is 11.6 Å². The number of amides is 1. The highest BCUT2D eigenvalue weighted by atomic mass is 35.5. The molecular formula is C20H22Cl2FN3O3S2. The van der Waals surface area contributed by atoms with Crippen LogP contribution in [0.5, 0.6) is 0 Å². The summed E-state index contributed by atoms with van der Waals surface area (Å²) < 4.78 is 39.8. The van der Waals surface area contributed by atoms with Crippen LogP contribution < -0.4 is 4.90 Å². The minimum atomic E-state index is -3.64. The van der Waals surface area contributed by atoms with Crippen LogP contribution in [0.2, 0.25) is 5.02 Å². The van der Waals surface area contributed by atoms with Gasteiger partial charge in [-0.3, -0.25) is 9.69 Å². The smallest absolute Gasteiger partial charge is 0.229 e. The van der Waals surface area contributed by atoms with E-state index in [0.717, 1.165) is 0 Å². The third kappa shape index (κ3) is 6.36. The lowest BCUT2D eigenvalue weighted by Gasteiger charge is -2.22. The van der Waals surface area contributed by atoms with Gasteiger partial charge < -0.3 is 4.90 Å². The average Bonchev–Trinajstić information content (AvgIpc) is 3.12. The van der Waals surface area contributed by atoms with Crippen LogP contribution in [0.1, 0.15) is 6.42 Å². The Morgan fingerprint density at radius 1 is 1.13 bits per heavy atom. The van der Waals surface area contributed by atoms with Gasteiger partial charge in [-0.15, -0.1) is 12.4 Å². The molecule has 2 aromatic carbocycles. The summed E-state index contributed by atoms with van der Waals surface area (Å²) >= 11 is 7.01. The molecule has 0 aliphatic carbocycles. The molecule has 11 heteroatoms. The van der Waals surface area contributed by atoms with Crippen molar-refractivity contribution < 1.29 is 17.6 Å². The fraction of sp³-hybridized carbons (Fsp3) is 0.300. The number of hydrogen-bond donors (Lipinski definition) is 0. The van der Waals surface area contributed by atoms with Gasteiger partial charge in [-0.25, -0.2) is 17.8 Å². The molecule has 0 saturated heterocycles. The van der Waals surface area contributed by atoms with Gasteiger partial charge in [0, 0.05) is 24.5 Å². The van der Waals surface area contributed by atoms with Gasteiger partial charge in [0.2, 0.25) is 5.91 Å². The molecule has 6 nitrogen and oxygen atoms in total. The molecule has 0 unspecified atom stereocenters. The summed E-state index contributed by atoms with van der Waals surface area (Å²) in [6.07, 6.45) is -0.212. The quantitative estimate of drug-likeness (QED) is 0.457. The number of carbonyl (C=O) groups is 1. The van der Waals surface area contributed by atoms with Gasteiger partial charge in [-0.05, 0) is 50.5 Å². The number of aromatic nitrogens is 1. The Bertz CT molecular complexity index is 1150. The maximum Gasteiger partial charge on any atom is 0.229 e. The summed E-state index contributed by atoms with van der Waals surface area (Å²) in [5.74, 6) is -1.18. The highest BCUT2D eigenvalue weighted by molar-refractivity contribution is 7.91. The van der Waals surface area contributed by atoms with Gasteiger partial charge in [-0.2, -0.15) is 0 Å². The zero-order chi connectivity index (χ0) is 21.9. The fourth-order valence-electron chi connectivity index (χ4n) is 2.76. The molecule has 0 aliphatic heterocycles. The molecule has 168 valence electrons. The van der Waals surface area contributed by atoms with Gasteiger partial charge in [0.05, 0.1) is 15.3 Å². The summed E-state index contributed by atoms with van der Waals surface area (Å²) in [5, 5.41) is 0.786. The van der Waals surface area contributed by atoms with E-state index in [9.17, 15) is 17.6 Å². The van der Waals surface area contributed by atoms with Crippen molar-refractivity contribution in [2.45, 2.75) is 11.3 Å². The second kappa shape index (κ2) is 10.7. The Morgan fingerprint density at radius 3 is 2.42 bits per heavy atom. The highest BCUT2D eigenvalue weighted by Gasteiger charge is 2.23. The first-order valence-electron chi connectivity index (χ1n) is 9.16. The predicted molar refractivity (Wildman–Crippen MR) is 126 cm³/mol.